The Balaban J connectivity index is 2.09. The summed E-state index contributed by atoms with van der Waals surface area (Å²) in [5.74, 6) is -0.780. The lowest BCUT2D eigenvalue weighted by atomic mass is 9.93. The second-order valence-electron chi connectivity index (χ2n) is 5.47. The average molecular weight is 307 g/mol. The number of aromatic nitrogens is 2. The molecule has 4 amide bonds. The van der Waals surface area contributed by atoms with Crippen LogP contribution in [0.1, 0.15) is 38.1 Å². The lowest BCUT2D eigenvalue weighted by Gasteiger charge is -2.23. The maximum Gasteiger partial charge on any atom is 0.325 e. The molecule has 0 aliphatic carbocycles. The quantitative estimate of drug-likeness (QED) is 0.707. The van der Waals surface area contributed by atoms with Crippen molar-refractivity contribution in [2.75, 3.05) is 11.9 Å². The number of anilines is 1. The number of amides is 4. The molecule has 8 nitrogen and oxygen atoms in total. The van der Waals surface area contributed by atoms with Gasteiger partial charge < -0.3 is 10.6 Å². The molecule has 1 aliphatic heterocycles. The van der Waals surface area contributed by atoms with Crippen molar-refractivity contribution >= 4 is 23.5 Å². The summed E-state index contributed by atoms with van der Waals surface area (Å²) in [7, 11) is 0. The largest absolute Gasteiger partial charge is 0.325 e. The normalized spacial score (nSPS) is 16.8. The molecule has 3 N–H and O–H groups in total. The monoisotopic (exact) mass is 307 g/mol. The lowest BCUT2D eigenvalue weighted by Crippen LogP contribution is -2.46. The molecule has 8 heteroatoms. The van der Waals surface area contributed by atoms with Crippen molar-refractivity contribution < 1.29 is 14.4 Å². The van der Waals surface area contributed by atoms with Gasteiger partial charge in [-0.25, -0.2) is 4.79 Å². The van der Waals surface area contributed by atoms with Crippen LogP contribution in [-0.4, -0.2) is 45.0 Å². The van der Waals surface area contributed by atoms with E-state index in [0.717, 1.165) is 10.6 Å². The molecule has 2 heterocycles. The second kappa shape index (κ2) is 5.78. The zero-order chi connectivity index (χ0) is 16.5. The van der Waals surface area contributed by atoms with Gasteiger partial charge in [0, 0.05) is 0 Å². The van der Waals surface area contributed by atoms with Gasteiger partial charge in [0.15, 0.2) is 0 Å². The predicted molar refractivity (Wildman–Crippen MR) is 80.2 cm³/mol. The molecule has 1 aromatic heterocycles. The van der Waals surface area contributed by atoms with Crippen LogP contribution in [0, 0.1) is 13.8 Å². The zero-order valence-corrected chi connectivity index (χ0v) is 13.2. The SMILES string of the molecule is CCC1(CC)NC(=O)N(CC(=O)Nc2c(C)n[nH]c2C)C1=O. The minimum absolute atomic E-state index is 0.309. The molecule has 0 saturated carbocycles. The van der Waals surface area contributed by atoms with Gasteiger partial charge in [-0.1, -0.05) is 13.8 Å². The van der Waals surface area contributed by atoms with Crippen LogP contribution in [0.3, 0.4) is 0 Å². The van der Waals surface area contributed by atoms with Crippen molar-refractivity contribution in [3.8, 4) is 0 Å². The van der Waals surface area contributed by atoms with Crippen LogP contribution in [0.2, 0.25) is 0 Å². The highest BCUT2D eigenvalue weighted by molar-refractivity contribution is 6.10. The van der Waals surface area contributed by atoms with Crippen LogP contribution in [0.5, 0.6) is 0 Å². The van der Waals surface area contributed by atoms with Gasteiger partial charge in [0.05, 0.1) is 17.1 Å². The fraction of sp³-hybridized carbons (Fsp3) is 0.571. The van der Waals surface area contributed by atoms with E-state index in [1.165, 1.54) is 0 Å². The van der Waals surface area contributed by atoms with Gasteiger partial charge in [-0.2, -0.15) is 5.10 Å². The number of hydrogen-bond acceptors (Lipinski definition) is 4. The van der Waals surface area contributed by atoms with Crippen LogP contribution in [-0.2, 0) is 9.59 Å². The van der Waals surface area contributed by atoms with Crippen LogP contribution < -0.4 is 10.6 Å². The molecule has 0 spiro atoms. The van der Waals surface area contributed by atoms with Crippen molar-refractivity contribution in [3.05, 3.63) is 11.4 Å². The van der Waals surface area contributed by atoms with Gasteiger partial charge in [0.2, 0.25) is 5.91 Å². The Bertz CT molecular complexity index is 598. The Kier molecular flexibility index (Phi) is 4.20. The molecule has 22 heavy (non-hydrogen) atoms. The second-order valence-corrected chi connectivity index (χ2v) is 5.47. The molecular weight excluding hydrogens is 286 g/mol. The predicted octanol–water partition coefficient (Wildman–Crippen LogP) is 1.08. The fourth-order valence-electron chi connectivity index (χ4n) is 2.61. The van der Waals surface area contributed by atoms with Crippen molar-refractivity contribution in [2.45, 2.75) is 46.1 Å². The molecule has 0 unspecified atom stereocenters. The van der Waals surface area contributed by atoms with Crippen molar-refractivity contribution in [2.24, 2.45) is 0 Å². The first kappa shape index (κ1) is 16.0. The number of H-pyrrole nitrogens is 1. The van der Waals surface area contributed by atoms with Crippen molar-refractivity contribution in [3.63, 3.8) is 0 Å². The Morgan fingerprint density at radius 2 is 1.91 bits per heavy atom. The summed E-state index contributed by atoms with van der Waals surface area (Å²) in [6, 6.07) is -0.524. The number of aryl methyl sites for hydroxylation is 2. The Hall–Kier alpha value is -2.38. The fourth-order valence-corrected chi connectivity index (χ4v) is 2.61. The smallest absolute Gasteiger partial charge is 0.323 e. The molecule has 120 valence electrons. The number of hydrogen-bond donors (Lipinski definition) is 3. The third-order valence-electron chi connectivity index (χ3n) is 4.15. The van der Waals surface area contributed by atoms with E-state index in [0.29, 0.717) is 24.2 Å². The summed E-state index contributed by atoms with van der Waals surface area (Å²) in [5.41, 5.74) is 1.06. The van der Waals surface area contributed by atoms with Crippen LogP contribution in [0.25, 0.3) is 0 Å². The Morgan fingerprint density at radius 1 is 1.27 bits per heavy atom. The standard InChI is InChI=1S/C14H21N5O3/c1-5-14(6-2)12(21)19(13(22)16-14)7-10(20)15-11-8(3)17-18-9(11)4/h5-7H2,1-4H3,(H,15,20)(H,16,22)(H,17,18). The molecule has 0 aromatic carbocycles. The van der Waals surface area contributed by atoms with Crippen LogP contribution in [0.4, 0.5) is 10.5 Å². The highest BCUT2D eigenvalue weighted by Gasteiger charge is 2.49. The third kappa shape index (κ3) is 2.56. The van der Waals surface area contributed by atoms with Gasteiger partial charge in [-0.15, -0.1) is 0 Å². The molecule has 0 atom stereocenters. The van der Waals surface area contributed by atoms with E-state index in [4.69, 9.17) is 0 Å². The third-order valence-corrected chi connectivity index (χ3v) is 4.15. The minimum Gasteiger partial charge on any atom is -0.323 e. The summed E-state index contributed by atoms with van der Waals surface area (Å²) in [4.78, 5) is 37.5. The van der Waals surface area contributed by atoms with Gasteiger partial charge in [0.25, 0.3) is 5.91 Å². The summed E-state index contributed by atoms with van der Waals surface area (Å²) < 4.78 is 0. The first-order valence-corrected chi connectivity index (χ1v) is 7.30. The average Bonchev–Trinajstić information content (AvgIpc) is 2.92. The van der Waals surface area contributed by atoms with Gasteiger partial charge in [-0.3, -0.25) is 19.6 Å². The summed E-state index contributed by atoms with van der Waals surface area (Å²) in [6.07, 6.45) is 0.984. The van der Waals surface area contributed by atoms with E-state index in [9.17, 15) is 14.4 Å². The molecule has 1 aliphatic rings. The molecule has 1 saturated heterocycles. The van der Waals surface area contributed by atoms with E-state index in [-0.39, 0.29) is 12.5 Å². The van der Waals surface area contributed by atoms with Crippen LogP contribution in [0.15, 0.2) is 0 Å². The number of nitrogens with one attached hydrogen (secondary N) is 3. The summed E-state index contributed by atoms with van der Waals surface area (Å²) in [6.45, 7) is 6.90. The van der Waals surface area contributed by atoms with E-state index in [1.54, 1.807) is 13.8 Å². The zero-order valence-electron chi connectivity index (χ0n) is 13.2. The number of aromatic amines is 1. The van der Waals surface area contributed by atoms with Gasteiger partial charge >= 0.3 is 6.03 Å². The van der Waals surface area contributed by atoms with E-state index < -0.39 is 17.5 Å². The summed E-state index contributed by atoms with van der Waals surface area (Å²) >= 11 is 0. The topological polar surface area (TPSA) is 107 Å². The number of rotatable bonds is 5. The molecule has 1 aromatic rings. The number of urea groups is 1. The molecule has 1 fully saturated rings. The maximum atomic E-state index is 12.4. The maximum absolute atomic E-state index is 12.4. The van der Waals surface area contributed by atoms with Crippen molar-refractivity contribution in [1.29, 1.82) is 0 Å². The van der Waals surface area contributed by atoms with E-state index in [2.05, 4.69) is 20.8 Å². The molecular formula is C14H21N5O3. The first-order chi connectivity index (χ1) is 10.3. The summed E-state index contributed by atoms with van der Waals surface area (Å²) in [5, 5.41) is 12.1. The highest BCUT2D eigenvalue weighted by atomic mass is 16.2. The lowest BCUT2D eigenvalue weighted by molar-refractivity contribution is -0.134. The molecule has 2 rings (SSSR count). The van der Waals surface area contributed by atoms with E-state index >= 15 is 0 Å². The number of imide groups is 1. The van der Waals surface area contributed by atoms with Crippen molar-refractivity contribution in [1.82, 2.24) is 20.4 Å². The highest BCUT2D eigenvalue weighted by Crippen LogP contribution is 2.25. The number of nitrogens with zero attached hydrogens (tertiary/aromatic N) is 2. The molecule has 0 radical (unpaired) electrons. The first-order valence-electron chi connectivity index (χ1n) is 7.30. The number of carbonyl (C=O) groups is 3. The van der Waals surface area contributed by atoms with Gasteiger partial charge in [-0.05, 0) is 26.7 Å². The Labute approximate surface area is 128 Å². The number of carbonyl (C=O) groups excluding carboxylic acids is 3. The van der Waals surface area contributed by atoms with Crippen LogP contribution >= 0.6 is 0 Å². The Morgan fingerprint density at radius 3 is 2.36 bits per heavy atom. The van der Waals surface area contributed by atoms with Gasteiger partial charge in [0.1, 0.15) is 12.1 Å². The minimum atomic E-state index is -0.890. The van der Waals surface area contributed by atoms with E-state index in [1.807, 2.05) is 13.8 Å². The molecule has 0 bridgehead atoms.